The summed E-state index contributed by atoms with van der Waals surface area (Å²) in [7, 11) is 0. The highest BCUT2D eigenvalue weighted by Crippen LogP contribution is 2.60. The van der Waals surface area contributed by atoms with Crippen molar-refractivity contribution in [2.24, 2.45) is 0 Å². The summed E-state index contributed by atoms with van der Waals surface area (Å²) in [6, 6.07) is 0. The Hall–Kier alpha value is -1.02. The van der Waals surface area contributed by atoms with Crippen LogP contribution in [0, 0.1) is 0 Å². The van der Waals surface area contributed by atoms with E-state index in [0.717, 1.165) is 12.8 Å². The monoisotopic (exact) mass is 412 g/mol. The van der Waals surface area contributed by atoms with Gasteiger partial charge in [-0.15, -0.1) is 0 Å². The van der Waals surface area contributed by atoms with Crippen molar-refractivity contribution in [3.8, 4) is 0 Å². The maximum atomic E-state index is 12.3. The number of unbranched alkanes of at least 4 members (excludes halogenated alkanes) is 1. The first kappa shape index (κ1) is 26.2. The second kappa shape index (κ2) is 7.70. The zero-order valence-electron chi connectivity index (χ0n) is 11.9. The van der Waals surface area contributed by atoms with Crippen molar-refractivity contribution in [2.75, 3.05) is 6.61 Å². The molecule has 0 aliphatic heterocycles. The predicted octanol–water partition coefficient (Wildman–Crippen LogP) is 5.43. The summed E-state index contributed by atoms with van der Waals surface area (Å²) in [5.41, 5.74) is 0. The van der Waals surface area contributed by atoms with E-state index in [2.05, 4.69) is 6.92 Å². The van der Waals surface area contributed by atoms with Crippen molar-refractivity contribution in [1.29, 1.82) is 0 Å². The fourth-order valence-corrected chi connectivity index (χ4v) is 0.908. The minimum Gasteiger partial charge on any atom is -0.396 e. The molecule has 0 amide bonds. The van der Waals surface area contributed by atoms with E-state index in [1.54, 1.807) is 0 Å². The van der Waals surface area contributed by atoms with Gasteiger partial charge in [-0.1, -0.05) is 13.3 Å². The van der Waals surface area contributed by atoms with E-state index in [1.165, 1.54) is 0 Å². The van der Waals surface area contributed by atoms with Gasteiger partial charge in [0, 0.05) is 6.61 Å². The molecule has 154 valence electrons. The van der Waals surface area contributed by atoms with E-state index in [-0.39, 0.29) is 0 Å². The van der Waals surface area contributed by atoms with Gasteiger partial charge in [-0.25, -0.2) is 0 Å². The molecule has 25 heavy (non-hydrogen) atoms. The second-order valence-corrected chi connectivity index (χ2v) is 4.37. The van der Waals surface area contributed by atoms with Crippen LogP contribution in [-0.2, 0) is 0 Å². The van der Waals surface area contributed by atoms with Crippen molar-refractivity contribution in [3.05, 3.63) is 0 Å². The van der Waals surface area contributed by atoms with Crippen LogP contribution in [0.5, 0.6) is 0 Å². The lowest BCUT2D eigenvalue weighted by Crippen LogP contribution is -2.69. The zero-order chi connectivity index (χ0) is 21.1. The molecule has 0 aliphatic rings. The van der Waals surface area contributed by atoms with Gasteiger partial charge in [-0.2, -0.15) is 61.5 Å². The van der Waals surface area contributed by atoms with Gasteiger partial charge in [-0.3, -0.25) is 0 Å². The molecule has 0 rings (SSSR count). The van der Waals surface area contributed by atoms with E-state index in [4.69, 9.17) is 5.11 Å². The number of hydrogen-bond donors (Lipinski definition) is 1. The average molecular weight is 412 g/mol. The Morgan fingerprint density at radius 3 is 0.840 bits per heavy atom. The highest BCUT2D eigenvalue weighted by atomic mass is 19.4. The van der Waals surface area contributed by atoms with Gasteiger partial charge < -0.3 is 5.11 Å². The van der Waals surface area contributed by atoms with Crippen molar-refractivity contribution >= 4 is 0 Å². The van der Waals surface area contributed by atoms with Crippen LogP contribution in [0.1, 0.15) is 19.8 Å². The topological polar surface area (TPSA) is 20.2 Å². The standard InChI is InChI=1S/C6F14.C4H10O/c7-1(8,3(11,12)5(15,16)17)2(9,10)4(13,14)6(18,19)20;1-2-3-4-5/h;5H,2-4H2,1H3. The maximum absolute atomic E-state index is 12.3. The van der Waals surface area contributed by atoms with Crippen LogP contribution >= 0.6 is 0 Å². The van der Waals surface area contributed by atoms with Crippen LogP contribution < -0.4 is 0 Å². The third kappa shape index (κ3) is 4.78. The van der Waals surface area contributed by atoms with Crippen molar-refractivity contribution in [2.45, 2.75) is 55.8 Å². The number of alkyl halides is 14. The maximum Gasteiger partial charge on any atom is 0.460 e. The molecular formula is C10H10F14O. The molecule has 0 unspecified atom stereocenters. The highest BCUT2D eigenvalue weighted by Gasteiger charge is 2.91. The van der Waals surface area contributed by atoms with Crippen LogP contribution in [0.2, 0.25) is 0 Å². The van der Waals surface area contributed by atoms with E-state index in [9.17, 15) is 61.5 Å². The van der Waals surface area contributed by atoms with Gasteiger partial charge in [0.05, 0.1) is 0 Å². The molecule has 0 fully saturated rings. The Morgan fingerprint density at radius 2 is 0.760 bits per heavy atom. The lowest BCUT2D eigenvalue weighted by Gasteiger charge is -2.37. The van der Waals surface area contributed by atoms with Crippen LogP contribution in [0.15, 0.2) is 0 Å². The van der Waals surface area contributed by atoms with Gasteiger partial charge in [0.2, 0.25) is 0 Å². The summed E-state index contributed by atoms with van der Waals surface area (Å²) in [4.78, 5) is 0. The molecule has 0 atom stereocenters. The third-order valence-electron chi connectivity index (χ3n) is 2.41. The third-order valence-corrected chi connectivity index (χ3v) is 2.41. The predicted molar refractivity (Wildman–Crippen MR) is 53.9 cm³/mol. The summed E-state index contributed by atoms with van der Waals surface area (Å²) in [6.07, 6.45) is -12.9. The molecular weight excluding hydrogens is 402 g/mol. The van der Waals surface area contributed by atoms with Crippen LogP contribution in [0.4, 0.5) is 61.5 Å². The molecule has 1 nitrogen and oxygen atoms in total. The smallest absolute Gasteiger partial charge is 0.396 e. The number of halogens is 14. The lowest BCUT2D eigenvalue weighted by atomic mass is 9.98. The molecule has 0 saturated carbocycles. The van der Waals surface area contributed by atoms with Crippen molar-refractivity contribution < 1.29 is 66.6 Å². The number of aliphatic hydroxyl groups excluding tert-OH is 1. The van der Waals surface area contributed by atoms with E-state index < -0.39 is 36.0 Å². The van der Waals surface area contributed by atoms with Crippen LogP contribution in [-0.4, -0.2) is 47.8 Å². The van der Waals surface area contributed by atoms with Gasteiger partial charge in [0.15, 0.2) is 0 Å². The Morgan fingerprint density at radius 1 is 0.520 bits per heavy atom. The van der Waals surface area contributed by atoms with E-state index >= 15 is 0 Å². The Bertz CT molecular complexity index is 369. The van der Waals surface area contributed by atoms with Crippen molar-refractivity contribution in [3.63, 3.8) is 0 Å². The summed E-state index contributed by atoms with van der Waals surface area (Å²) >= 11 is 0. The van der Waals surface area contributed by atoms with Crippen LogP contribution in [0.3, 0.4) is 0 Å². The molecule has 15 heteroatoms. The molecule has 0 aromatic heterocycles. The van der Waals surface area contributed by atoms with E-state index in [1.807, 2.05) is 0 Å². The molecule has 0 aromatic carbocycles. The molecule has 0 bridgehead atoms. The van der Waals surface area contributed by atoms with E-state index in [0.29, 0.717) is 6.61 Å². The van der Waals surface area contributed by atoms with Crippen molar-refractivity contribution in [1.82, 2.24) is 0 Å². The second-order valence-electron chi connectivity index (χ2n) is 4.37. The normalized spacial score (nSPS) is 14.9. The molecule has 0 heterocycles. The van der Waals surface area contributed by atoms with Gasteiger partial charge in [0.25, 0.3) is 0 Å². The lowest BCUT2D eigenvalue weighted by molar-refractivity contribution is -0.451. The first-order chi connectivity index (χ1) is 10.7. The fourth-order valence-electron chi connectivity index (χ4n) is 0.908. The van der Waals surface area contributed by atoms with Gasteiger partial charge >= 0.3 is 36.0 Å². The first-order valence-corrected chi connectivity index (χ1v) is 5.92. The highest BCUT2D eigenvalue weighted by molar-refractivity contribution is 5.08. The minimum atomic E-state index is -8.04. The summed E-state index contributed by atoms with van der Waals surface area (Å²) in [5, 5.41) is 8.07. The number of aliphatic hydroxyl groups is 1. The molecule has 0 aromatic rings. The quantitative estimate of drug-likeness (QED) is 0.598. The zero-order valence-corrected chi connectivity index (χ0v) is 11.9. The largest absolute Gasteiger partial charge is 0.460 e. The Kier molecular flexibility index (Phi) is 8.07. The Balaban J connectivity index is 0. The van der Waals surface area contributed by atoms with Gasteiger partial charge in [0.1, 0.15) is 0 Å². The minimum absolute atomic E-state index is 0.344. The summed E-state index contributed by atoms with van der Waals surface area (Å²) in [6.45, 7) is 2.40. The molecule has 0 radical (unpaired) electrons. The Labute approximate surface area is 130 Å². The fraction of sp³-hybridized carbons (Fsp3) is 1.00. The average Bonchev–Trinajstić information content (AvgIpc) is 2.37. The van der Waals surface area contributed by atoms with Crippen LogP contribution in [0.25, 0.3) is 0 Å². The molecule has 0 saturated heterocycles. The first-order valence-electron chi connectivity index (χ1n) is 5.92. The molecule has 0 aliphatic carbocycles. The number of rotatable bonds is 5. The van der Waals surface area contributed by atoms with Gasteiger partial charge in [-0.05, 0) is 6.42 Å². The summed E-state index contributed by atoms with van der Waals surface area (Å²) in [5.74, 6) is -31.7. The summed E-state index contributed by atoms with van der Waals surface area (Å²) < 4.78 is 166. The molecule has 1 N–H and O–H groups in total. The molecule has 0 spiro atoms. The number of hydrogen-bond acceptors (Lipinski definition) is 1. The SMILES string of the molecule is CCCCO.FC(F)(F)C(F)(F)C(F)(F)C(F)(F)C(F)(F)C(F)(F)F.